The van der Waals surface area contributed by atoms with E-state index in [0.29, 0.717) is 42.0 Å². The Hall–Kier alpha value is -4.59. The van der Waals surface area contributed by atoms with E-state index in [2.05, 4.69) is 25.9 Å². The highest BCUT2D eigenvalue weighted by atomic mass is 16.5. The van der Waals surface area contributed by atoms with Crippen molar-refractivity contribution in [3.8, 4) is 23.2 Å². The molecule has 202 valence electrons. The van der Waals surface area contributed by atoms with Crippen molar-refractivity contribution in [1.29, 1.82) is 5.26 Å². The number of ether oxygens (including phenoxy) is 1. The van der Waals surface area contributed by atoms with E-state index < -0.39 is 0 Å². The highest BCUT2D eigenvalue weighted by molar-refractivity contribution is 5.81. The van der Waals surface area contributed by atoms with Crippen LogP contribution in [0.1, 0.15) is 24.0 Å². The van der Waals surface area contributed by atoms with E-state index in [0.717, 1.165) is 54.6 Å². The highest BCUT2D eigenvalue weighted by Crippen LogP contribution is 2.22. The Bertz CT molecular complexity index is 1750. The predicted octanol–water partition coefficient (Wildman–Crippen LogP) is 3.11. The van der Waals surface area contributed by atoms with E-state index >= 15 is 0 Å². The second-order valence-corrected chi connectivity index (χ2v) is 10.1. The van der Waals surface area contributed by atoms with Crippen LogP contribution in [0.25, 0.3) is 28.2 Å². The minimum atomic E-state index is -0.162. The Balaban J connectivity index is 1.17. The van der Waals surface area contributed by atoms with Crippen LogP contribution in [0.4, 0.5) is 0 Å². The fourth-order valence-electron chi connectivity index (χ4n) is 5.23. The zero-order valence-corrected chi connectivity index (χ0v) is 22.0. The molecule has 10 nitrogen and oxygen atoms in total. The average Bonchev–Trinajstić information content (AvgIpc) is 3.37. The molecule has 1 saturated heterocycles. The minimum Gasteiger partial charge on any atom is -0.490 e. The highest BCUT2D eigenvalue weighted by Gasteiger charge is 2.19. The summed E-state index contributed by atoms with van der Waals surface area (Å²) in [5.41, 5.74) is 3.62. The van der Waals surface area contributed by atoms with Gasteiger partial charge in [-0.2, -0.15) is 5.26 Å². The molecule has 0 bridgehead atoms. The summed E-state index contributed by atoms with van der Waals surface area (Å²) < 4.78 is 9.43. The summed E-state index contributed by atoms with van der Waals surface area (Å²) in [7, 11) is 0. The molecule has 1 fully saturated rings. The van der Waals surface area contributed by atoms with Crippen molar-refractivity contribution in [2.75, 3.05) is 32.8 Å². The Labute approximate surface area is 230 Å². The lowest BCUT2D eigenvalue weighted by molar-refractivity contribution is 0.121. The van der Waals surface area contributed by atoms with Gasteiger partial charge in [-0.25, -0.2) is 15.0 Å². The number of nitrogens with zero attached hydrogens (tertiary/aromatic N) is 7. The van der Waals surface area contributed by atoms with E-state index in [1.165, 1.54) is 6.07 Å². The van der Waals surface area contributed by atoms with E-state index in [1.807, 2.05) is 28.7 Å². The van der Waals surface area contributed by atoms with Gasteiger partial charge in [0.1, 0.15) is 0 Å². The lowest BCUT2D eigenvalue weighted by atomic mass is 9.98. The van der Waals surface area contributed by atoms with Crippen LogP contribution in [0, 0.1) is 17.2 Å². The molecular weight excluding hydrogens is 506 g/mol. The first kappa shape index (κ1) is 25.7. The largest absolute Gasteiger partial charge is 0.490 e. The molecule has 6 rings (SSSR count). The number of aliphatic hydroxyl groups excluding tert-OH is 1. The zero-order valence-electron chi connectivity index (χ0n) is 22.0. The average molecular weight is 536 g/mol. The maximum atomic E-state index is 12.9. The van der Waals surface area contributed by atoms with Gasteiger partial charge in [0.2, 0.25) is 5.78 Å². The van der Waals surface area contributed by atoms with Crippen molar-refractivity contribution in [2.45, 2.75) is 19.4 Å². The van der Waals surface area contributed by atoms with Gasteiger partial charge in [-0.3, -0.25) is 13.8 Å². The number of rotatable bonds is 8. The molecule has 0 unspecified atom stereocenters. The van der Waals surface area contributed by atoms with E-state index in [1.54, 1.807) is 41.4 Å². The van der Waals surface area contributed by atoms with Gasteiger partial charge in [-0.1, -0.05) is 18.2 Å². The molecule has 10 heteroatoms. The molecule has 0 amide bonds. The standard InChI is InChI=1S/C30H29N7O3/c31-16-22-4-5-26-27(15-22)36-11-8-28(39)37(30(36)34-26)19-23-2-1-3-24(14-23)29-32-17-25(18-33-29)40-20-21-6-9-35(10-7-21)12-13-38/h1-5,8,11,14-15,17-18,21,38H,6-7,9-10,12-13,19-20H2. The van der Waals surface area contributed by atoms with Crippen molar-refractivity contribution >= 4 is 16.8 Å². The Kier molecular flexibility index (Phi) is 7.23. The summed E-state index contributed by atoms with van der Waals surface area (Å²) >= 11 is 0. The van der Waals surface area contributed by atoms with Gasteiger partial charge in [0.05, 0.1) is 54.8 Å². The van der Waals surface area contributed by atoms with E-state index in [9.17, 15) is 10.1 Å². The number of benzene rings is 2. The number of β-amino-alcohol motifs (C(OH)–C–C–N with tert-alkyl or cyclic N) is 1. The van der Waals surface area contributed by atoms with Gasteiger partial charge in [-0.05, 0) is 61.7 Å². The van der Waals surface area contributed by atoms with Crippen molar-refractivity contribution in [3.05, 3.63) is 88.6 Å². The molecule has 1 aliphatic rings. The smallest absolute Gasteiger partial charge is 0.255 e. The molecule has 0 saturated carbocycles. The lowest BCUT2D eigenvalue weighted by Crippen LogP contribution is -2.37. The first-order chi connectivity index (χ1) is 19.6. The van der Waals surface area contributed by atoms with Crippen LogP contribution in [0.5, 0.6) is 5.75 Å². The molecule has 5 aromatic rings. The number of nitriles is 1. The predicted molar refractivity (Wildman–Crippen MR) is 150 cm³/mol. The third-order valence-corrected chi connectivity index (χ3v) is 7.44. The van der Waals surface area contributed by atoms with Gasteiger partial charge in [0, 0.05) is 24.4 Å². The van der Waals surface area contributed by atoms with Crippen LogP contribution in [0.3, 0.4) is 0 Å². The number of aromatic nitrogens is 5. The normalized spacial score (nSPS) is 14.5. The number of fused-ring (bicyclic) bond motifs is 3. The second-order valence-electron chi connectivity index (χ2n) is 10.1. The minimum absolute atomic E-state index is 0.162. The monoisotopic (exact) mass is 535 g/mol. The summed E-state index contributed by atoms with van der Waals surface area (Å²) in [6, 6.07) is 16.8. The van der Waals surface area contributed by atoms with Crippen LogP contribution in [-0.4, -0.2) is 66.8 Å². The number of hydrogen-bond donors (Lipinski definition) is 1. The molecule has 0 atom stereocenters. The molecule has 0 radical (unpaired) electrons. The number of imidazole rings is 1. The summed E-state index contributed by atoms with van der Waals surface area (Å²) in [5, 5.41) is 18.4. The molecule has 4 heterocycles. The van der Waals surface area contributed by atoms with Crippen LogP contribution in [-0.2, 0) is 6.54 Å². The van der Waals surface area contributed by atoms with Crippen molar-refractivity contribution in [2.24, 2.45) is 5.92 Å². The van der Waals surface area contributed by atoms with Gasteiger partial charge >= 0.3 is 0 Å². The molecule has 40 heavy (non-hydrogen) atoms. The zero-order chi connectivity index (χ0) is 27.5. The lowest BCUT2D eigenvalue weighted by Gasteiger charge is -2.31. The van der Waals surface area contributed by atoms with Gasteiger partial charge in [0.25, 0.3) is 5.56 Å². The number of aliphatic hydroxyl groups is 1. The van der Waals surface area contributed by atoms with Crippen molar-refractivity contribution in [1.82, 2.24) is 28.8 Å². The Morgan fingerprint density at radius 1 is 1.07 bits per heavy atom. The van der Waals surface area contributed by atoms with Crippen LogP contribution < -0.4 is 10.3 Å². The van der Waals surface area contributed by atoms with Crippen molar-refractivity contribution < 1.29 is 9.84 Å². The summed E-state index contributed by atoms with van der Waals surface area (Å²) in [5.74, 6) is 2.22. The topological polar surface area (TPSA) is 122 Å². The Morgan fingerprint density at radius 3 is 2.67 bits per heavy atom. The summed E-state index contributed by atoms with van der Waals surface area (Å²) in [6.07, 6.45) is 7.20. The number of hydrogen-bond acceptors (Lipinski definition) is 8. The molecule has 2 aromatic carbocycles. The fraction of sp³-hybridized carbons (Fsp3) is 0.300. The summed E-state index contributed by atoms with van der Waals surface area (Å²) in [4.78, 5) is 28.9. The first-order valence-corrected chi connectivity index (χ1v) is 13.4. The van der Waals surface area contributed by atoms with E-state index in [4.69, 9.17) is 9.84 Å². The number of likely N-dealkylation sites (tertiary alicyclic amines) is 1. The number of piperidine rings is 1. The fourth-order valence-corrected chi connectivity index (χ4v) is 5.23. The Morgan fingerprint density at radius 2 is 1.90 bits per heavy atom. The molecule has 1 aliphatic heterocycles. The molecule has 0 aliphatic carbocycles. The quantitative estimate of drug-likeness (QED) is 0.322. The van der Waals surface area contributed by atoms with Gasteiger partial charge in [-0.15, -0.1) is 0 Å². The third-order valence-electron chi connectivity index (χ3n) is 7.44. The van der Waals surface area contributed by atoms with Crippen molar-refractivity contribution in [3.63, 3.8) is 0 Å². The first-order valence-electron chi connectivity index (χ1n) is 13.4. The maximum absolute atomic E-state index is 12.9. The molecular formula is C30H29N7O3. The molecule has 1 N–H and O–H groups in total. The van der Waals surface area contributed by atoms with Gasteiger partial charge in [0.15, 0.2) is 11.6 Å². The van der Waals surface area contributed by atoms with Gasteiger partial charge < -0.3 is 14.7 Å². The molecule has 0 spiro atoms. The third kappa shape index (κ3) is 5.30. The van der Waals surface area contributed by atoms with Crippen LogP contribution >= 0.6 is 0 Å². The second kappa shape index (κ2) is 11.3. The SMILES string of the molecule is N#Cc1ccc2nc3n(Cc4cccc(-c5ncc(OCC6CCN(CCO)CC6)cn5)c4)c(=O)ccn3c2c1. The van der Waals surface area contributed by atoms with Crippen LogP contribution in [0.15, 0.2) is 71.9 Å². The van der Waals surface area contributed by atoms with Crippen LogP contribution in [0.2, 0.25) is 0 Å². The molecule has 3 aromatic heterocycles. The summed E-state index contributed by atoms with van der Waals surface area (Å²) in [6.45, 7) is 3.87. The maximum Gasteiger partial charge on any atom is 0.255 e. The van der Waals surface area contributed by atoms with E-state index in [-0.39, 0.29) is 12.2 Å².